The van der Waals surface area contributed by atoms with Crippen molar-refractivity contribution in [3.63, 3.8) is 0 Å². The normalized spacial score (nSPS) is 10.4. The number of benzene rings is 1. The molecule has 0 saturated heterocycles. The summed E-state index contributed by atoms with van der Waals surface area (Å²) in [5, 5.41) is 17.5. The van der Waals surface area contributed by atoms with Crippen molar-refractivity contribution in [2.75, 3.05) is 6.54 Å². The lowest BCUT2D eigenvalue weighted by molar-refractivity contribution is -0.385. The van der Waals surface area contributed by atoms with Crippen LogP contribution in [0.3, 0.4) is 0 Å². The molecule has 1 N–H and O–H groups in total. The standard InChI is InChI=1S/C13H12ClN3O4/c1-8-6-10(21-16-8)4-5-15-13(18)11-7-9(14)2-3-12(11)17(19)20/h2-3,6-7H,4-5H2,1H3,(H,15,18). The summed E-state index contributed by atoms with van der Waals surface area (Å²) < 4.78 is 5.00. The smallest absolute Gasteiger partial charge is 0.282 e. The van der Waals surface area contributed by atoms with Gasteiger partial charge >= 0.3 is 0 Å². The second kappa shape index (κ2) is 6.36. The molecule has 0 unspecified atom stereocenters. The van der Waals surface area contributed by atoms with E-state index in [4.69, 9.17) is 16.1 Å². The van der Waals surface area contributed by atoms with Crippen molar-refractivity contribution in [1.82, 2.24) is 10.5 Å². The predicted molar refractivity (Wildman–Crippen MR) is 75.4 cm³/mol. The Balaban J connectivity index is 2.03. The molecule has 2 aromatic rings. The molecule has 0 aliphatic rings. The van der Waals surface area contributed by atoms with Crippen LogP contribution in [0.2, 0.25) is 5.02 Å². The van der Waals surface area contributed by atoms with Crippen LogP contribution in [-0.2, 0) is 6.42 Å². The third-order valence-electron chi connectivity index (χ3n) is 2.73. The predicted octanol–water partition coefficient (Wildman–Crippen LogP) is 2.52. The van der Waals surface area contributed by atoms with E-state index in [-0.39, 0.29) is 22.8 Å². The molecule has 110 valence electrons. The molecular formula is C13H12ClN3O4. The summed E-state index contributed by atoms with van der Waals surface area (Å²) in [4.78, 5) is 22.3. The van der Waals surface area contributed by atoms with Crippen molar-refractivity contribution in [3.8, 4) is 0 Å². The number of carbonyl (C=O) groups is 1. The van der Waals surface area contributed by atoms with E-state index in [2.05, 4.69) is 10.5 Å². The number of carbonyl (C=O) groups excluding carboxylic acids is 1. The number of hydrogen-bond donors (Lipinski definition) is 1. The first-order valence-electron chi connectivity index (χ1n) is 6.11. The first kappa shape index (κ1) is 15.0. The van der Waals surface area contributed by atoms with Crippen molar-refractivity contribution in [2.45, 2.75) is 13.3 Å². The molecular weight excluding hydrogens is 298 g/mol. The van der Waals surface area contributed by atoms with E-state index in [0.29, 0.717) is 12.2 Å². The first-order chi connectivity index (χ1) is 9.97. The summed E-state index contributed by atoms with van der Waals surface area (Å²) in [7, 11) is 0. The topological polar surface area (TPSA) is 98.3 Å². The molecule has 0 saturated carbocycles. The van der Waals surface area contributed by atoms with Gasteiger partial charge in [-0.2, -0.15) is 0 Å². The number of amides is 1. The van der Waals surface area contributed by atoms with Crippen molar-refractivity contribution in [1.29, 1.82) is 0 Å². The molecule has 0 radical (unpaired) electrons. The van der Waals surface area contributed by atoms with E-state index in [1.165, 1.54) is 18.2 Å². The lowest BCUT2D eigenvalue weighted by atomic mass is 10.1. The molecule has 7 nitrogen and oxygen atoms in total. The molecule has 8 heteroatoms. The zero-order chi connectivity index (χ0) is 15.4. The second-order valence-corrected chi connectivity index (χ2v) is 4.80. The fourth-order valence-corrected chi connectivity index (χ4v) is 1.95. The van der Waals surface area contributed by atoms with Gasteiger partial charge in [0.2, 0.25) is 0 Å². The number of hydrogen-bond acceptors (Lipinski definition) is 5. The summed E-state index contributed by atoms with van der Waals surface area (Å²) in [6.45, 7) is 2.07. The summed E-state index contributed by atoms with van der Waals surface area (Å²) >= 11 is 5.77. The maximum Gasteiger partial charge on any atom is 0.282 e. The fraction of sp³-hybridized carbons (Fsp3) is 0.231. The monoisotopic (exact) mass is 309 g/mol. The number of aryl methyl sites for hydroxylation is 1. The van der Waals surface area contributed by atoms with E-state index >= 15 is 0 Å². The zero-order valence-electron chi connectivity index (χ0n) is 11.1. The van der Waals surface area contributed by atoms with Gasteiger partial charge in [0, 0.05) is 30.1 Å². The van der Waals surface area contributed by atoms with Crippen LogP contribution in [-0.4, -0.2) is 22.5 Å². The van der Waals surface area contributed by atoms with Crippen LogP contribution >= 0.6 is 11.6 Å². The average Bonchev–Trinajstić information content (AvgIpc) is 2.84. The average molecular weight is 310 g/mol. The SMILES string of the molecule is Cc1cc(CCNC(=O)c2cc(Cl)ccc2[N+](=O)[O-])on1. The number of nitro groups is 1. The van der Waals surface area contributed by atoms with Gasteiger partial charge in [0.25, 0.3) is 11.6 Å². The molecule has 0 aliphatic heterocycles. The van der Waals surface area contributed by atoms with Crippen molar-refractivity contribution in [2.24, 2.45) is 0 Å². The van der Waals surface area contributed by atoms with E-state index in [1.807, 2.05) is 0 Å². The number of nitrogens with one attached hydrogen (secondary N) is 1. The maximum atomic E-state index is 12.0. The molecule has 1 amide bonds. The Morgan fingerprint density at radius 2 is 2.24 bits per heavy atom. The van der Waals surface area contributed by atoms with E-state index in [1.54, 1.807) is 13.0 Å². The van der Waals surface area contributed by atoms with E-state index in [0.717, 1.165) is 5.69 Å². The summed E-state index contributed by atoms with van der Waals surface area (Å²) in [6, 6.07) is 5.60. The number of rotatable bonds is 5. The molecule has 0 spiro atoms. The highest BCUT2D eigenvalue weighted by molar-refractivity contribution is 6.31. The van der Waals surface area contributed by atoms with Gasteiger partial charge in [-0.1, -0.05) is 16.8 Å². The Labute approximate surface area is 125 Å². The summed E-state index contributed by atoms with van der Waals surface area (Å²) in [5.74, 6) is 0.0776. The third kappa shape index (κ3) is 3.79. The highest BCUT2D eigenvalue weighted by Gasteiger charge is 2.20. The molecule has 1 aromatic carbocycles. The highest BCUT2D eigenvalue weighted by atomic mass is 35.5. The van der Waals surface area contributed by atoms with Crippen LogP contribution in [0.4, 0.5) is 5.69 Å². The Hall–Kier alpha value is -2.41. The van der Waals surface area contributed by atoms with E-state index in [9.17, 15) is 14.9 Å². The van der Waals surface area contributed by atoms with Gasteiger partial charge in [0.05, 0.1) is 10.6 Å². The lowest BCUT2D eigenvalue weighted by Crippen LogP contribution is -2.26. The fourth-order valence-electron chi connectivity index (χ4n) is 1.78. The van der Waals surface area contributed by atoms with Crippen LogP contribution in [0.1, 0.15) is 21.8 Å². The molecule has 0 bridgehead atoms. The minimum Gasteiger partial charge on any atom is -0.361 e. The Morgan fingerprint density at radius 1 is 1.48 bits per heavy atom. The second-order valence-electron chi connectivity index (χ2n) is 4.36. The van der Waals surface area contributed by atoms with Crippen LogP contribution in [0.5, 0.6) is 0 Å². The van der Waals surface area contributed by atoms with E-state index < -0.39 is 10.8 Å². The van der Waals surface area contributed by atoms with Gasteiger partial charge < -0.3 is 9.84 Å². The summed E-state index contributed by atoms with van der Waals surface area (Å²) in [5.41, 5.74) is 0.399. The molecule has 1 heterocycles. The number of halogens is 1. The molecule has 0 fully saturated rings. The van der Waals surface area contributed by atoms with Crippen LogP contribution in [0.25, 0.3) is 0 Å². The minimum atomic E-state index is -0.620. The van der Waals surface area contributed by atoms with Gasteiger partial charge in [-0.05, 0) is 19.1 Å². The van der Waals surface area contributed by atoms with Gasteiger partial charge in [0.15, 0.2) is 0 Å². The molecule has 21 heavy (non-hydrogen) atoms. The highest BCUT2D eigenvalue weighted by Crippen LogP contribution is 2.22. The number of nitro benzene ring substituents is 1. The molecule has 1 aromatic heterocycles. The van der Waals surface area contributed by atoms with Crippen molar-refractivity contribution >= 4 is 23.2 Å². The quantitative estimate of drug-likeness (QED) is 0.676. The van der Waals surface area contributed by atoms with Crippen LogP contribution in [0, 0.1) is 17.0 Å². The van der Waals surface area contributed by atoms with Crippen molar-refractivity contribution in [3.05, 3.63) is 56.4 Å². The molecule has 0 atom stereocenters. The minimum absolute atomic E-state index is 0.0683. The summed E-state index contributed by atoms with van der Waals surface area (Å²) in [6.07, 6.45) is 0.445. The van der Waals surface area contributed by atoms with Crippen LogP contribution < -0.4 is 5.32 Å². The van der Waals surface area contributed by atoms with Crippen LogP contribution in [0.15, 0.2) is 28.8 Å². The largest absolute Gasteiger partial charge is 0.361 e. The molecule has 2 rings (SSSR count). The van der Waals surface area contributed by atoms with Crippen molar-refractivity contribution < 1.29 is 14.2 Å². The first-order valence-corrected chi connectivity index (χ1v) is 6.49. The van der Waals surface area contributed by atoms with Gasteiger partial charge in [-0.3, -0.25) is 14.9 Å². The van der Waals surface area contributed by atoms with Gasteiger partial charge in [-0.15, -0.1) is 0 Å². The Bertz CT molecular complexity index is 684. The van der Waals surface area contributed by atoms with Gasteiger partial charge in [-0.25, -0.2) is 0 Å². The number of nitrogens with zero attached hydrogens (tertiary/aromatic N) is 2. The number of aromatic nitrogens is 1. The zero-order valence-corrected chi connectivity index (χ0v) is 11.9. The maximum absolute atomic E-state index is 12.0. The molecule has 0 aliphatic carbocycles. The Morgan fingerprint density at radius 3 is 2.86 bits per heavy atom. The third-order valence-corrected chi connectivity index (χ3v) is 2.97. The van der Waals surface area contributed by atoms with Gasteiger partial charge in [0.1, 0.15) is 11.3 Å². The lowest BCUT2D eigenvalue weighted by Gasteiger charge is -2.05. The Kier molecular flexibility index (Phi) is 4.54.